The number of H-pyrrole nitrogens is 1. The highest BCUT2D eigenvalue weighted by molar-refractivity contribution is 7.07. The standard InChI is InChI=1S/C14H15N3S/c1-10(15-8-11-6-7-18-9-11)14-16-12-4-2-3-5-13(12)17-14/h2-7,9-10,15H,8H2,1H3,(H,16,17). The highest BCUT2D eigenvalue weighted by atomic mass is 32.1. The molecular weight excluding hydrogens is 242 g/mol. The van der Waals surface area contributed by atoms with E-state index in [1.807, 2.05) is 18.2 Å². The number of imidazole rings is 1. The van der Waals surface area contributed by atoms with Gasteiger partial charge in [0.15, 0.2) is 0 Å². The van der Waals surface area contributed by atoms with Gasteiger partial charge in [-0.25, -0.2) is 4.98 Å². The van der Waals surface area contributed by atoms with Crippen molar-refractivity contribution in [3.8, 4) is 0 Å². The first kappa shape index (κ1) is 11.4. The van der Waals surface area contributed by atoms with Gasteiger partial charge in [0.2, 0.25) is 0 Å². The van der Waals surface area contributed by atoms with Crippen molar-refractivity contribution in [1.82, 2.24) is 15.3 Å². The minimum Gasteiger partial charge on any atom is -0.341 e. The van der Waals surface area contributed by atoms with Crippen molar-refractivity contribution in [3.63, 3.8) is 0 Å². The van der Waals surface area contributed by atoms with E-state index in [1.54, 1.807) is 11.3 Å². The van der Waals surface area contributed by atoms with E-state index < -0.39 is 0 Å². The first-order valence-corrected chi connectivity index (χ1v) is 6.96. The molecule has 0 aliphatic carbocycles. The molecule has 1 atom stereocenters. The summed E-state index contributed by atoms with van der Waals surface area (Å²) in [6.07, 6.45) is 0. The van der Waals surface area contributed by atoms with Gasteiger partial charge in [-0.15, -0.1) is 0 Å². The lowest BCUT2D eigenvalue weighted by Gasteiger charge is -2.10. The molecule has 0 saturated heterocycles. The van der Waals surface area contributed by atoms with Gasteiger partial charge in [-0.3, -0.25) is 0 Å². The summed E-state index contributed by atoms with van der Waals surface area (Å²) in [6.45, 7) is 3.01. The number of aromatic nitrogens is 2. The number of hydrogen-bond acceptors (Lipinski definition) is 3. The van der Waals surface area contributed by atoms with Crippen LogP contribution in [0.25, 0.3) is 11.0 Å². The number of rotatable bonds is 4. The van der Waals surface area contributed by atoms with E-state index in [4.69, 9.17) is 0 Å². The lowest BCUT2D eigenvalue weighted by Crippen LogP contribution is -2.18. The fourth-order valence-corrected chi connectivity index (χ4v) is 2.61. The SMILES string of the molecule is CC(NCc1ccsc1)c1nc2ccccc2[nH]1. The molecule has 0 aliphatic heterocycles. The zero-order valence-electron chi connectivity index (χ0n) is 10.2. The Labute approximate surface area is 110 Å². The second kappa shape index (κ2) is 4.92. The topological polar surface area (TPSA) is 40.7 Å². The van der Waals surface area contributed by atoms with Gasteiger partial charge < -0.3 is 10.3 Å². The molecule has 4 heteroatoms. The minimum absolute atomic E-state index is 0.220. The van der Waals surface area contributed by atoms with Gasteiger partial charge in [0, 0.05) is 6.54 Å². The highest BCUT2D eigenvalue weighted by Gasteiger charge is 2.09. The Morgan fingerprint density at radius 2 is 2.22 bits per heavy atom. The monoisotopic (exact) mass is 257 g/mol. The number of aromatic amines is 1. The van der Waals surface area contributed by atoms with Crippen LogP contribution >= 0.6 is 11.3 Å². The summed E-state index contributed by atoms with van der Waals surface area (Å²) in [4.78, 5) is 7.95. The highest BCUT2D eigenvalue weighted by Crippen LogP contribution is 2.16. The number of benzene rings is 1. The molecule has 2 aromatic heterocycles. The summed E-state index contributed by atoms with van der Waals surface area (Å²) in [7, 11) is 0. The molecule has 1 unspecified atom stereocenters. The van der Waals surface area contributed by atoms with E-state index in [2.05, 4.69) is 45.1 Å². The maximum atomic E-state index is 4.60. The molecule has 0 radical (unpaired) electrons. The van der Waals surface area contributed by atoms with Crippen LogP contribution in [0.2, 0.25) is 0 Å². The third-order valence-electron chi connectivity index (χ3n) is 3.01. The minimum atomic E-state index is 0.220. The van der Waals surface area contributed by atoms with Crippen molar-refractivity contribution in [3.05, 3.63) is 52.5 Å². The molecule has 3 nitrogen and oxygen atoms in total. The van der Waals surface area contributed by atoms with Crippen molar-refractivity contribution in [2.75, 3.05) is 0 Å². The zero-order valence-corrected chi connectivity index (χ0v) is 11.0. The lowest BCUT2D eigenvalue weighted by molar-refractivity contribution is 0.553. The number of nitrogens with one attached hydrogen (secondary N) is 2. The smallest absolute Gasteiger partial charge is 0.124 e. The Balaban J connectivity index is 1.73. The number of fused-ring (bicyclic) bond motifs is 1. The molecule has 0 aliphatic rings. The Morgan fingerprint density at radius 1 is 1.33 bits per heavy atom. The molecule has 0 bridgehead atoms. The summed E-state index contributed by atoms with van der Waals surface area (Å²) in [5, 5.41) is 7.74. The van der Waals surface area contributed by atoms with E-state index in [0.717, 1.165) is 23.4 Å². The largest absolute Gasteiger partial charge is 0.341 e. The Hall–Kier alpha value is -1.65. The third kappa shape index (κ3) is 2.30. The molecule has 1 aromatic carbocycles. The van der Waals surface area contributed by atoms with Gasteiger partial charge in [-0.1, -0.05) is 12.1 Å². The van der Waals surface area contributed by atoms with Crippen molar-refractivity contribution >= 4 is 22.4 Å². The maximum Gasteiger partial charge on any atom is 0.124 e. The molecule has 0 amide bonds. The van der Waals surface area contributed by atoms with Crippen molar-refractivity contribution in [1.29, 1.82) is 0 Å². The summed E-state index contributed by atoms with van der Waals surface area (Å²) < 4.78 is 0. The number of para-hydroxylation sites is 2. The van der Waals surface area contributed by atoms with E-state index in [1.165, 1.54) is 5.56 Å². The predicted molar refractivity (Wildman–Crippen MR) is 75.7 cm³/mol. The van der Waals surface area contributed by atoms with Crippen molar-refractivity contribution in [2.45, 2.75) is 19.5 Å². The van der Waals surface area contributed by atoms with Gasteiger partial charge in [-0.2, -0.15) is 11.3 Å². The van der Waals surface area contributed by atoms with Crippen LogP contribution in [-0.2, 0) is 6.54 Å². The first-order chi connectivity index (χ1) is 8.83. The van der Waals surface area contributed by atoms with Gasteiger partial charge in [0.1, 0.15) is 5.82 Å². The van der Waals surface area contributed by atoms with Crippen LogP contribution in [-0.4, -0.2) is 9.97 Å². The average Bonchev–Trinajstić information content (AvgIpc) is 3.04. The maximum absolute atomic E-state index is 4.60. The zero-order chi connectivity index (χ0) is 12.4. The van der Waals surface area contributed by atoms with Gasteiger partial charge >= 0.3 is 0 Å². The molecule has 3 aromatic rings. The molecule has 3 rings (SSSR count). The number of hydrogen-bond donors (Lipinski definition) is 2. The first-order valence-electron chi connectivity index (χ1n) is 6.02. The fourth-order valence-electron chi connectivity index (χ4n) is 1.94. The van der Waals surface area contributed by atoms with Gasteiger partial charge in [-0.05, 0) is 41.4 Å². The molecule has 2 heterocycles. The van der Waals surface area contributed by atoms with Crippen LogP contribution in [0.3, 0.4) is 0 Å². The second-order valence-corrected chi connectivity index (χ2v) is 5.15. The molecule has 0 saturated carbocycles. The van der Waals surface area contributed by atoms with E-state index >= 15 is 0 Å². The van der Waals surface area contributed by atoms with Crippen LogP contribution in [0.5, 0.6) is 0 Å². The molecule has 92 valence electrons. The van der Waals surface area contributed by atoms with Crippen molar-refractivity contribution in [2.24, 2.45) is 0 Å². The van der Waals surface area contributed by atoms with Crippen LogP contribution in [0.15, 0.2) is 41.1 Å². The van der Waals surface area contributed by atoms with Crippen LogP contribution in [0.4, 0.5) is 0 Å². The summed E-state index contributed by atoms with van der Waals surface area (Å²) in [5.74, 6) is 0.992. The van der Waals surface area contributed by atoms with E-state index in [-0.39, 0.29) is 6.04 Å². The van der Waals surface area contributed by atoms with E-state index in [9.17, 15) is 0 Å². The summed E-state index contributed by atoms with van der Waals surface area (Å²) >= 11 is 1.73. The van der Waals surface area contributed by atoms with Crippen LogP contribution in [0.1, 0.15) is 24.4 Å². The molecule has 18 heavy (non-hydrogen) atoms. The third-order valence-corrected chi connectivity index (χ3v) is 3.74. The molecule has 2 N–H and O–H groups in total. The summed E-state index contributed by atoms with van der Waals surface area (Å²) in [5.41, 5.74) is 3.44. The number of thiophene rings is 1. The molecule has 0 spiro atoms. The quantitative estimate of drug-likeness (QED) is 0.751. The average molecular weight is 257 g/mol. The Kier molecular flexibility index (Phi) is 3.13. The fraction of sp³-hybridized carbons (Fsp3) is 0.214. The number of nitrogens with zero attached hydrogens (tertiary/aromatic N) is 1. The summed E-state index contributed by atoms with van der Waals surface area (Å²) in [6, 6.07) is 10.5. The van der Waals surface area contributed by atoms with Crippen LogP contribution < -0.4 is 5.32 Å². The van der Waals surface area contributed by atoms with Crippen LogP contribution in [0, 0.1) is 0 Å². The molecule has 0 fully saturated rings. The predicted octanol–water partition coefficient (Wildman–Crippen LogP) is 3.48. The normalized spacial score (nSPS) is 12.9. The van der Waals surface area contributed by atoms with Gasteiger partial charge in [0.05, 0.1) is 17.1 Å². The van der Waals surface area contributed by atoms with Crippen molar-refractivity contribution < 1.29 is 0 Å². The molecular formula is C14H15N3S. The second-order valence-electron chi connectivity index (χ2n) is 4.37. The Bertz CT molecular complexity index is 594. The Morgan fingerprint density at radius 3 is 3.00 bits per heavy atom. The van der Waals surface area contributed by atoms with E-state index in [0.29, 0.717) is 0 Å². The van der Waals surface area contributed by atoms with Gasteiger partial charge in [0.25, 0.3) is 0 Å². The lowest BCUT2D eigenvalue weighted by atomic mass is 10.3.